The van der Waals surface area contributed by atoms with Crippen LogP contribution in [0.4, 0.5) is 4.79 Å². The predicted molar refractivity (Wildman–Crippen MR) is 141 cm³/mol. The maximum atomic E-state index is 13.9. The summed E-state index contributed by atoms with van der Waals surface area (Å²) in [5, 5.41) is 25.9. The summed E-state index contributed by atoms with van der Waals surface area (Å²) in [5.41, 5.74) is -0.179. The van der Waals surface area contributed by atoms with Gasteiger partial charge in [-0.3, -0.25) is 14.4 Å². The number of esters is 1. The van der Waals surface area contributed by atoms with E-state index in [4.69, 9.17) is 9.47 Å². The van der Waals surface area contributed by atoms with E-state index in [9.17, 15) is 29.4 Å². The first-order valence-corrected chi connectivity index (χ1v) is 12.9. The molecule has 1 aromatic rings. The Labute approximate surface area is 224 Å². The number of aromatic hydroxyl groups is 1. The number of rotatable bonds is 13. The lowest BCUT2D eigenvalue weighted by atomic mass is 9.95. The van der Waals surface area contributed by atoms with Crippen molar-refractivity contribution < 1.29 is 38.9 Å². The van der Waals surface area contributed by atoms with Gasteiger partial charge >= 0.3 is 12.1 Å². The van der Waals surface area contributed by atoms with E-state index in [2.05, 4.69) is 10.6 Å². The number of hydrogen-bond donors (Lipinski definition) is 4. The van der Waals surface area contributed by atoms with Gasteiger partial charge in [-0.05, 0) is 46.1 Å². The van der Waals surface area contributed by atoms with Crippen LogP contribution in [0.15, 0.2) is 18.2 Å². The van der Waals surface area contributed by atoms with Crippen LogP contribution in [0, 0.1) is 12.8 Å². The lowest BCUT2D eigenvalue weighted by Gasteiger charge is -2.36. The fourth-order valence-corrected chi connectivity index (χ4v) is 3.74. The van der Waals surface area contributed by atoms with Crippen LogP contribution < -0.4 is 10.6 Å². The first-order valence-electron chi connectivity index (χ1n) is 12.9. The number of benzene rings is 1. The number of aryl methyl sites for hydroxylation is 1. The zero-order chi connectivity index (χ0) is 29.0. The third kappa shape index (κ3) is 9.85. The largest absolute Gasteiger partial charge is 0.507 e. The van der Waals surface area contributed by atoms with Gasteiger partial charge in [-0.15, -0.1) is 0 Å². The highest BCUT2D eigenvalue weighted by atomic mass is 16.6. The molecule has 0 aromatic heterocycles. The van der Waals surface area contributed by atoms with Crippen molar-refractivity contribution in [3.05, 3.63) is 29.3 Å². The van der Waals surface area contributed by atoms with Crippen LogP contribution in [-0.2, 0) is 23.9 Å². The van der Waals surface area contributed by atoms with Gasteiger partial charge < -0.3 is 35.2 Å². The molecule has 11 nitrogen and oxygen atoms in total. The van der Waals surface area contributed by atoms with Gasteiger partial charge in [0.2, 0.25) is 11.8 Å². The van der Waals surface area contributed by atoms with E-state index in [-0.39, 0.29) is 43.3 Å². The average molecular weight is 538 g/mol. The quantitative estimate of drug-likeness (QED) is 0.280. The number of aliphatic hydroxyl groups is 1. The van der Waals surface area contributed by atoms with Crippen molar-refractivity contribution in [1.29, 1.82) is 0 Å². The molecule has 3 atom stereocenters. The zero-order valence-corrected chi connectivity index (χ0v) is 23.5. The highest BCUT2D eigenvalue weighted by Crippen LogP contribution is 2.32. The maximum absolute atomic E-state index is 13.9. The molecule has 0 saturated carbocycles. The number of aliphatic hydroxyl groups excluding tert-OH is 1. The van der Waals surface area contributed by atoms with Gasteiger partial charge in [0.25, 0.3) is 0 Å². The Morgan fingerprint density at radius 1 is 1.13 bits per heavy atom. The molecule has 0 bridgehead atoms. The van der Waals surface area contributed by atoms with Crippen LogP contribution in [-0.4, -0.2) is 76.9 Å². The van der Waals surface area contributed by atoms with Crippen molar-refractivity contribution in [3.63, 3.8) is 0 Å². The molecule has 0 aliphatic rings. The third-order valence-corrected chi connectivity index (χ3v) is 5.83. The summed E-state index contributed by atoms with van der Waals surface area (Å²) >= 11 is 0. The minimum atomic E-state index is -1.36. The molecule has 0 aliphatic heterocycles. The van der Waals surface area contributed by atoms with Crippen molar-refractivity contribution in [2.45, 2.75) is 79.0 Å². The number of phenols is 1. The van der Waals surface area contributed by atoms with E-state index in [0.29, 0.717) is 12.0 Å². The van der Waals surface area contributed by atoms with Crippen LogP contribution in [0.5, 0.6) is 5.75 Å². The number of nitrogens with zero attached hydrogens (tertiary/aromatic N) is 1. The number of phenolic OH excluding ortho intramolecular Hbond substituents is 1. The SMILES string of the molecule is CCOC(=O)CCNC(=O)C(c1cccc(C)c1O)N(CCO)C(=O)C(NC(=O)OC(C)(C)C)C(C)CC. The van der Waals surface area contributed by atoms with Crippen LogP contribution in [0.25, 0.3) is 0 Å². The average Bonchev–Trinajstić information content (AvgIpc) is 2.83. The van der Waals surface area contributed by atoms with Gasteiger partial charge in [0.1, 0.15) is 23.4 Å². The normalized spacial score (nSPS) is 13.6. The van der Waals surface area contributed by atoms with Crippen LogP contribution in [0.3, 0.4) is 0 Å². The van der Waals surface area contributed by atoms with Crippen molar-refractivity contribution in [3.8, 4) is 5.75 Å². The van der Waals surface area contributed by atoms with E-state index in [1.54, 1.807) is 53.7 Å². The minimum Gasteiger partial charge on any atom is -0.507 e. The molecule has 3 unspecified atom stereocenters. The van der Waals surface area contributed by atoms with Gasteiger partial charge in [0.15, 0.2) is 0 Å². The molecular weight excluding hydrogens is 494 g/mol. The minimum absolute atomic E-state index is 0.0626. The number of para-hydroxylation sites is 1. The molecule has 3 amide bonds. The highest BCUT2D eigenvalue weighted by Gasteiger charge is 2.39. The summed E-state index contributed by atoms with van der Waals surface area (Å²) in [5.74, 6) is -2.34. The van der Waals surface area contributed by atoms with Gasteiger partial charge in [-0.2, -0.15) is 0 Å². The standard InChI is InChI=1S/C27H43N3O8/c1-8-17(3)21(29-26(36)38-27(5,6)7)25(35)30(15-16-31)22(19-12-10-11-18(4)23(19)33)24(34)28-14-13-20(32)37-9-2/h10-12,17,21-22,31,33H,8-9,13-16H2,1-7H3,(H,28,34)(H,29,36). The van der Waals surface area contributed by atoms with E-state index < -0.39 is 48.2 Å². The Balaban J connectivity index is 3.46. The Bertz CT molecular complexity index is 960. The maximum Gasteiger partial charge on any atom is 0.408 e. The number of carbonyl (C=O) groups excluding carboxylic acids is 4. The van der Waals surface area contributed by atoms with Gasteiger partial charge in [0, 0.05) is 18.7 Å². The molecule has 1 aromatic carbocycles. The summed E-state index contributed by atoms with van der Waals surface area (Å²) in [6, 6.07) is 2.36. The van der Waals surface area contributed by atoms with E-state index in [1.165, 1.54) is 6.07 Å². The van der Waals surface area contributed by atoms with Gasteiger partial charge in [-0.25, -0.2) is 4.79 Å². The predicted octanol–water partition coefficient (Wildman–Crippen LogP) is 2.57. The van der Waals surface area contributed by atoms with E-state index in [1.807, 2.05) is 6.92 Å². The third-order valence-electron chi connectivity index (χ3n) is 5.83. The molecule has 1 rings (SSSR count). The van der Waals surface area contributed by atoms with E-state index >= 15 is 0 Å². The molecule has 4 N–H and O–H groups in total. The number of carbonyl (C=O) groups is 4. The topological polar surface area (TPSA) is 154 Å². The second-order valence-electron chi connectivity index (χ2n) is 10.0. The van der Waals surface area contributed by atoms with Crippen LogP contribution >= 0.6 is 0 Å². The molecule has 0 heterocycles. The molecule has 0 aliphatic carbocycles. The number of ether oxygens (including phenoxy) is 2. The summed E-state index contributed by atoms with van der Waals surface area (Å²) in [6.07, 6.45) is -0.366. The van der Waals surface area contributed by atoms with Crippen LogP contribution in [0.1, 0.15) is 71.6 Å². The number of alkyl carbamates (subject to hydrolysis) is 1. The van der Waals surface area contributed by atoms with Crippen molar-refractivity contribution in [2.75, 3.05) is 26.3 Å². The second-order valence-corrected chi connectivity index (χ2v) is 10.0. The molecule has 214 valence electrons. The summed E-state index contributed by atoms with van der Waals surface area (Å²) in [6.45, 7) is 11.4. The van der Waals surface area contributed by atoms with Crippen molar-refractivity contribution in [1.82, 2.24) is 15.5 Å². The Morgan fingerprint density at radius 2 is 1.79 bits per heavy atom. The van der Waals surface area contributed by atoms with Crippen molar-refractivity contribution in [2.24, 2.45) is 5.92 Å². The monoisotopic (exact) mass is 537 g/mol. The highest BCUT2D eigenvalue weighted by molar-refractivity contribution is 5.93. The zero-order valence-electron chi connectivity index (χ0n) is 23.5. The molecule has 38 heavy (non-hydrogen) atoms. The van der Waals surface area contributed by atoms with E-state index in [0.717, 1.165) is 4.90 Å². The fraction of sp³-hybridized carbons (Fsp3) is 0.630. The molecular formula is C27H43N3O8. The smallest absolute Gasteiger partial charge is 0.408 e. The number of nitrogens with one attached hydrogen (secondary N) is 2. The fourth-order valence-electron chi connectivity index (χ4n) is 3.74. The lowest BCUT2D eigenvalue weighted by molar-refractivity contribution is -0.145. The Hall–Kier alpha value is -3.34. The summed E-state index contributed by atoms with van der Waals surface area (Å²) < 4.78 is 10.2. The van der Waals surface area contributed by atoms with Gasteiger partial charge in [0.05, 0.1) is 19.6 Å². The second kappa shape index (κ2) is 15.2. The first-order chi connectivity index (χ1) is 17.8. The van der Waals surface area contributed by atoms with Crippen LogP contribution in [0.2, 0.25) is 0 Å². The lowest BCUT2D eigenvalue weighted by Crippen LogP contribution is -2.55. The number of amides is 3. The molecule has 0 saturated heterocycles. The molecule has 0 fully saturated rings. The molecule has 11 heteroatoms. The Kier molecular flexibility index (Phi) is 13.0. The summed E-state index contributed by atoms with van der Waals surface area (Å²) in [4.78, 5) is 52.9. The number of hydrogen-bond acceptors (Lipinski definition) is 8. The summed E-state index contributed by atoms with van der Waals surface area (Å²) in [7, 11) is 0. The molecule has 0 spiro atoms. The molecule has 0 radical (unpaired) electrons. The van der Waals surface area contributed by atoms with Gasteiger partial charge in [-0.1, -0.05) is 38.5 Å². The Morgan fingerprint density at radius 3 is 2.34 bits per heavy atom. The first kappa shape index (κ1) is 32.7. The van der Waals surface area contributed by atoms with Crippen molar-refractivity contribution >= 4 is 23.9 Å².